The molecular weight excluding hydrogens is 254 g/mol. The second kappa shape index (κ2) is 4.48. The number of anilines is 1. The molecule has 0 saturated heterocycles. The summed E-state index contributed by atoms with van der Waals surface area (Å²) in [6.45, 7) is 2.04. The maximum Gasteiger partial charge on any atom is 0.260 e. The number of aromatic nitrogens is 4. The summed E-state index contributed by atoms with van der Waals surface area (Å²) in [5.41, 5.74) is 2.70. The third-order valence-electron chi connectivity index (χ3n) is 3.38. The smallest absolute Gasteiger partial charge is 0.260 e. The van der Waals surface area contributed by atoms with Gasteiger partial charge in [0, 0.05) is 43.6 Å². The fraction of sp³-hybridized carbons (Fsp3) is 0.214. The second-order valence-electron chi connectivity index (χ2n) is 4.83. The number of rotatable bonds is 2. The Morgan fingerprint density at radius 1 is 1.25 bits per heavy atom. The van der Waals surface area contributed by atoms with Crippen LogP contribution in [0.2, 0.25) is 0 Å². The molecule has 3 rings (SSSR count). The van der Waals surface area contributed by atoms with E-state index in [1.807, 2.05) is 20.0 Å². The lowest BCUT2D eigenvalue weighted by atomic mass is 10.3. The van der Waals surface area contributed by atoms with Gasteiger partial charge in [0.05, 0.1) is 17.3 Å². The van der Waals surface area contributed by atoms with E-state index in [4.69, 9.17) is 0 Å². The summed E-state index contributed by atoms with van der Waals surface area (Å²) in [7, 11) is 3.76. The molecule has 0 unspecified atom stereocenters. The van der Waals surface area contributed by atoms with Crippen LogP contribution in [0.5, 0.6) is 0 Å². The van der Waals surface area contributed by atoms with Crippen LogP contribution in [0.15, 0.2) is 30.7 Å². The van der Waals surface area contributed by atoms with Gasteiger partial charge in [0.15, 0.2) is 0 Å². The normalized spacial score (nSPS) is 10.9. The maximum atomic E-state index is 12.0. The van der Waals surface area contributed by atoms with Crippen molar-refractivity contribution in [3.05, 3.63) is 42.0 Å². The van der Waals surface area contributed by atoms with Gasteiger partial charge in [0.1, 0.15) is 5.82 Å². The first-order chi connectivity index (χ1) is 9.54. The monoisotopic (exact) mass is 269 g/mol. The molecule has 0 fully saturated rings. The Morgan fingerprint density at radius 3 is 2.75 bits per heavy atom. The molecule has 20 heavy (non-hydrogen) atoms. The van der Waals surface area contributed by atoms with Crippen molar-refractivity contribution in [1.29, 1.82) is 0 Å². The Bertz CT molecular complexity index is 799. The highest BCUT2D eigenvalue weighted by molar-refractivity contribution is 6.04. The van der Waals surface area contributed by atoms with Crippen molar-refractivity contribution < 1.29 is 4.79 Å². The van der Waals surface area contributed by atoms with Crippen LogP contribution in [0, 0.1) is 6.92 Å². The second-order valence-corrected chi connectivity index (χ2v) is 4.83. The quantitative estimate of drug-likeness (QED) is 0.772. The topological polar surface area (TPSA) is 64.7 Å². The molecule has 1 N–H and O–H groups in total. The van der Waals surface area contributed by atoms with Crippen LogP contribution < -0.4 is 5.32 Å². The molecule has 0 aromatic carbocycles. The Labute approximate surface area is 116 Å². The number of pyridine rings is 1. The van der Waals surface area contributed by atoms with Crippen molar-refractivity contribution in [3.63, 3.8) is 0 Å². The van der Waals surface area contributed by atoms with Gasteiger partial charge in [-0.05, 0) is 13.0 Å². The van der Waals surface area contributed by atoms with Crippen molar-refractivity contribution in [1.82, 2.24) is 19.3 Å². The van der Waals surface area contributed by atoms with Crippen LogP contribution in [-0.2, 0) is 14.1 Å². The van der Waals surface area contributed by atoms with Gasteiger partial charge in [-0.1, -0.05) is 0 Å². The van der Waals surface area contributed by atoms with E-state index >= 15 is 0 Å². The average molecular weight is 269 g/mol. The molecule has 0 atom stereocenters. The number of hydrogen-bond donors (Lipinski definition) is 1. The zero-order valence-electron chi connectivity index (χ0n) is 11.6. The molecule has 0 bridgehead atoms. The van der Waals surface area contributed by atoms with Crippen LogP contribution in [0.25, 0.3) is 10.9 Å². The van der Waals surface area contributed by atoms with E-state index in [2.05, 4.69) is 26.0 Å². The molecule has 0 saturated carbocycles. The number of nitrogens with zero attached hydrogens (tertiary/aromatic N) is 4. The van der Waals surface area contributed by atoms with Crippen molar-refractivity contribution in [2.75, 3.05) is 5.32 Å². The molecule has 1 amide bonds. The molecule has 3 heterocycles. The zero-order chi connectivity index (χ0) is 14.3. The minimum absolute atomic E-state index is 0.212. The number of hydrogen-bond acceptors (Lipinski definition) is 3. The molecule has 6 nitrogen and oxygen atoms in total. The molecular formula is C14H15N5O. The van der Waals surface area contributed by atoms with Crippen LogP contribution in [-0.4, -0.2) is 25.2 Å². The molecule has 0 aliphatic heterocycles. The van der Waals surface area contributed by atoms with E-state index in [0.29, 0.717) is 11.4 Å². The number of nitrogens with one attached hydrogen (secondary N) is 1. The highest BCUT2D eigenvalue weighted by Gasteiger charge is 2.10. The summed E-state index contributed by atoms with van der Waals surface area (Å²) in [4.78, 5) is 16.3. The van der Waals surface area contributed by atoms with E-state index in [1.165, 1.54) is 6.20 Å². The van der Waals surface area contributed by atoms with Crippen LogP contribution in [0.3, 0.4) is 0 Å². The summed E-state index contributed by atoms with van der Waals surface area (Å²) in [6, 6.07) is 3.94. The lowest BCUT2D eigenvalue weighted by Crippen LogP contribution is -2.12. The van der Waals surface area contributed by atoms with E-state index < -0.39 is 0 Å². The van der Waals surface area contributed by atoms with Gasteiger partial charge >= 0.3 is 0 Å². The van der Waals surface area contributed by atoms with Crippen LogP contribution in [0.4, 0.5) is 5.82 Å². The number of fused-ring (bicyclic) bond motifs is 1. The Morgan fingerprint density at radius 2 is 2.05 bits per heavy atom. The van der Waals surface area contributed by atoms with Crippen LogP contribution in [0.1, 0.15) is 16.1 Å². The van der Waals surface area contributed by atoms with Crippen molar-refractivity contribution in [3.8, 4) is 0 Å². The third kappa shape index (κ3) is 2.05. The Kier molecular flexibility index (Phi) is 2.78. The summed E-state index contributed by atoms with van der Waals surface area (Å²) in [5, 5.41) is 7.82. The number of amides is 1. The minimum Gasteiger partial charge on any atom is -0.348 e. The zero-order valence-corrected chi connectivity index (χ0v) is 11.6. The van der Waals surface area contributed by atoms with E-state index in [0.717, 1.165) is 16.6 Å². The van der Waals surface area contributed by atoms with Crippen LogP contribution >= 0.6 is 0 Å². The van der Waals surface area contributed by atoms with Gasteiger partial charge in [-0.2, -0.15) is 5.10 Å². The SMILES string of the molecule is Cc1cc2cnc(NC(=O)c3cnn(C)c3)cc2n1C. The summed E-state index contributed by atoms with van der Waals surface area (Å²) >= 11 is 0. The summed E-state index contributed by atoms with van der Waals surface area (Å²) < 4.78 is 3.66. The molecule has 102 valence electrons. The largest absolute Gasteiger partial charge is 0.348 e. The predicted molar refractivity (Wildman–Crippen MR) is 76.6 cm³/mol. The van der Waals surface area contributed by atoms with Gasteiger partial charge in [-0.15, -0.1) is 0 Å². The van der Waals surface area contributed by atoms with Crippen molar-refractivity contribution >= 4 is 22.6 Å². The molecule has 3 aromatic rings. The molecule has 0 spiro atoms. The van der Waals surface area contributed by atoms with E-state index in [1.54, 1.807) is 24.1 Å². The fourth-order valence-corrected chi connectivity index (χ4v) is 2.16. The molecule has 0 aliphatic carbocycles. The fourth-order valence-electron chi connectivity index (χ4n) is 2.16. The highest BCUT2D eigenvalue weighted by atomic mass is 16.1. The molecule has 0 radical (unpaired) electrons. The van der Waals surface area contributed by atoms with Gasteiger partial charge < -0.3 is 9.88 Å². The lowest BCUT2D eigenvalue weighted by Gasteiger charge is -2.04. The van der Waals surface area contributed by atoms with Gasteiger partial charge in [-0.25, -0.2) is 4.98 Å². The van der Waals surface area contributed by atoms with E-state index in [-0.39, 0.29) is 5.91 Å². The standard InChI is InChI=1S/C14H15N5O/c1-9-4-10-6-15-13(5-12(10)19(9)3)17-14(20)11-7-16-18(2)8-11/h4-8H,1-3H3,(H,15,17,20). The molecule has 0 aliphatic rings. The van der Waals surface area contributed by atoms with Gasteiger partial charge in [-0.3, -0.25) is 9.48 Å². The van der Waals surface area contributed by atoms with Gasteiger partial charge in [0.2, 0.25) is 0 Å². The lowest BCUT2D eigenvalue weighted by molar-refractivity contribution is 0.102. The summed E-state index contributed by atoms with van der Waals surface area (Å²) in [6.07, 6.45) is 4.96. The first-order valence-electron chi connectivity index (χ1n) is 6.26. The molecule has 3 aromatic heterocycles. The van der Waals surface area contributed by atoms with Crippen molar-refractivity contribution in [2.45, 2.75) is 6.92 Å². The summed E-state index contributed by atoms with van der Waals surface area (Å²) in [5.74, 6) is 0.323. The van der Waals surface area contributed by atoms with Crippen molar-refractivity contribution in [2.24, 2.45) is 14.1 Å². The number of aryl methyl sites for hydroxylation is 3. The number of carbonyl (C=O) groups excluding carboxylic acids is 1. The van der Waals surface area contributed by atoms with E-state index in [9.17, 15) is 4.79 Å². The predicted octanol–water partition coefficient (Wildman–Crippen LogP) is 1.87. The average Bonchev–Trinajstić information content (AvgIpc) is 2.96. The highest BCUT2D eigenvalue weighted by Crippen LogP contribution is 2.20. The molecule has 6 heteroatoms. The Balaban J connectivity index is 1.91. The maximum absolute atomic E-state index is 12.0. The Hall–Kier alpha value is -2.63. The minimum atomic E-state index is -0.212. The number of carbonyl (C=O) groups is 1. The third-order valence-corrected chi connectivity index (χ3v) is 3.38. The first-order valence-corrected chi connectivity index (χ1v) is 6.26. The first kappa shape index (κ1) is 12.4. The van der Waals surface area contributed by atoms with Gasteiger partial charge in [0.25, 0.3) is 5.91 Å².